The van der Waals surface area contributed by atoms with E-state index in [0.717, 1.165) is 11.1 Å². The van der Waals surface area contributed by atoms with E-state index < -0.39 is 0 Å². The normalized spacial score (nSPS) is 10.6. The Morgan fingerprint density at radius 3 is 3.00 bits per heavy atom. The smallest absolute Gasteiger partial charge is 0.271 e. The predicted molar refractivity (Wildman–Crippen MR) is 79.6 cm³/mol. The van der Waals surface area contributed by atoms with Gasteiger partial charge in [-0.25, -0.2) is 4.98 Å². The molecule has 0 radical (unpaired) electrons. The molecule has 2 rings (SSSR count). The molecule has 0 unspecified atom stereocenters. The Hall–Kier alpha value is -2.18. The molecule has 112 valence electrons. The molecule has 0 atom stereocenters. The number of rotatable bonds is 7. The third-order valence-corrected chi connectivity index (χ3v) is 3.01. The fourth-order valence-corrected chi connectivity index (χ4v) is 2.02. The largest absolute Gasteiger partial charge is 0.380 e. The highest BCUT2D eigenvalue weighted by Crippen LogP contribution is 2.06. The maximum absolute atomic E-state index is 12.0. The molecule has 0 aliphatic rings. The van der Waals surface area contributed by atoms with Crippen molar-refractivity contribution >= 4 is 5.91 Å². The van der Waals surface area contributed by atoms with Gasteiger partial charge in [-0.15, -0.1) is 0 Å². The van der Waals surface area contributed by atoms with Gasteiger partial charge in [-0.3, -0.25) is 4.79 Å². The zero-order valence-electron chi connectivity index (χ0n) is 12.1. The van der Waals surface area contributed by atoms with Crippen LogP contribution in [-0.4, -0.2) is 29.1 Å². The molecule has 2 aromatic rings. The van der Waals surface area contributed by atoms with E-state index in [0.29, 0.717) is 31.9 Å². The third kappa shape index (κ3) is 4.40. The quantitative estimate of drug-likeness (QED) is 0.793. The average molecular weight is 288 g/mol. The molecule has 3 N–H and O–H groups in total. The van der Waals surface area contributed by atoms with Gasteiger partial charge in [-0.1, -0.05) is 24.3 Å². The molecule has 1 aromatic carbocycles. The highest BCUT2D eigenvalue weighted by Gasteiger charge is 2.08. The van der Waals surface area contributed by atoms with Crippen molar-refractivity contribution in [2.45, 2.75) is 19.7 Å². The van der Waals surface area contributed by atoms with Crippen LogP contribution >= 0.6 is 0 Å². The standard InChI is InChI=1S/C15H20N4O2/c1-21-10-13-4-2-3-12(7-13)8-17-15(20)14-9-19(6-5-16)11-18-14/h2-4,7,9,11H,5-6,8,10,16H2,1H3,(H,17,20). The van der Waals surface area contributed by atoms with Crippen molar-refractivity contribution in [2.75, 3.05) is 13.7 Å². The lowest BCUT2D eigenvalue weighted by molar-refractivity contribution is 0.0946. The van der Waals surface area contributed by atoms with E-state index in [-0.39, 0.29) is 5.91 Å². The van der Waals surface area contributed by atoms with Gasteiger partial charge in [0.05, 0.1) is 12.9 Å². The van der Waals surface area contributed by atoms with E-state index in [1.54, 1.807) is 24.2 Å². The minimum absolute atomic E-state index is 0.192. The van der Waals surface area contributed by atoms with Gasteiger partial charge in [0.2, 0.25) is 0 Å². The van der Waals surface area contributed by atoms with Crippen LogP contribution in [0.4, 0.5) is 0 Å². The number of methoxy groups -OCH3 is 1. The summed E-state index contributed by atoms with van der Waals surface area (Å²) >= 11 is 0. The van der Waals surface area contributed by atoms with Crippen LogP contribution in [-0.2, 0) is 24.4 Å². The van der Waals surface area contributed by atoms with Gasteiger partial charge >= 0.3 is 0 Å². The number of imidazole rings is 1. The summed E-state index contributed by atoms with van der Waals surface area (Å²) in [4.78, 5) is 16.1. The molecule has 0 fully saturated rings. The van der Waals surface area contributed by atoms with Crippen molar-refractivity contribution in [1.29, 1.82) is 0 Å². The second kappa shape index (κ2) is 7.56. The maximum atomic E-state index is 12.0. The second-order valence-corrected chi connectivity index (χ2v) is 4.72. The third-order valence-electron chi connectivity index (χ3n) is 3.01. The highest BCUT2D eigenvalue weighted by molar-refractivity contribution is 5.91. The fraction of sp³-hybridized carbons (Fsp3) is 0.333. The van der Waals surface area contributed by atoms with Crippen molar-refractivity contribution < 1.29 is 9.53 Å². The predicted octanol–water partition coefficient (Wildman–Crippen LogP) is 0.918. The van der Waals surface area contributed by atoms with Gasteiger partial charge in [-0.2, -0.15) is 0 Å². The van der Waals surface area contributed by atoms with Gasteiger partial charge in [0.15, 0.2) is 0 Å². The Kier molecular flexibility index (Phi) is 5.48. The molecule has 1 heterocycles. The number of carbonyl (C=O) groups excluding carboxylic acids is 1. The SMILES string of the molecule is COCc1cccc(CNC(=O)c2cn(CCN)cn2)c1. The Labute approximate surface area is 123 Å². The Morgan fingerprint density at radius 2 is 2.24 bits per heavy atom. The van der Waals surface area contributed by atoms with E-state index in [2.05, 4.69) is 10.3 Å². The van der Waals surface area contributed by atoms with Crippen LogP contribution in [0.3, 0.4) is 0 Å². The summed E-state index contributed by atoms with van der Waals surface area (Å²) in [6.45, 7) is 2.19. The molecule has 0 aliphatic heterocycles. The first-order valence-corrected chi connectivity index (χ1v) is 6.79. The summed E-state index contributed by atoms with van der Waals surface area (Å²) in [5.41, 5.74) is 7.97. The number of nitrogens with zero attached hydrogens (tertiary/aromatic N) is 2. The summed E-state index contributed by atoms with van der Waals surface area (Å²) in [5, 5.41) is 2.85. The molecule has 0 saturated heterocycles. The number of carbonyl (C=O) groups is 1. The van der Waals surface area contributed by atoms with Crippen molar-refractivity contribution in [2.24, 2.45) is 5.73 Å². The summed E-state index contributed by atoms with van der Waals surface area (Å²) in [6.07, 6.45) is 3.31. The summed E-state index contributed by atoms with van der Waals surface area (Å²) in [6, 6.07) is 7.92. The minimum Gasteiger partial charge on any atom is -0.380 e. The first kappa shape index (κ1) is 15.2. The van der Waals surface area contributed by atoms with Gasteiger partial charge in [0, 0.05) is 32.9 Å². The van der Waals surface area contributed by atoms with Crippen LogP contribution in [0.2, 0.25) is 0 Å². The lowest BCUT2D eigenvalue weighted by Crippen LogP contribution is -2.23. The van der Waals surface area contributed by atoms with E-state index >= 15 is 0 Å². The average Bonchev–Trinajstić information content (AvgIpc) is 2.95. The Bertz CT molecular complexity index is 595. The minimum atomic E-state index is -0.192. The van der Waals surface area contributed by atoms with E-state index in [1.165, 1.54) is 0 Å². The Morgan fingerprint density at radius 1 is 1.43 bits per heavy atom. The molecular weight excluding hydrogens is 268 g/mol. The monoisotopic (exact) mass is 288 g/mol. The lowest BCUT2D eigenvalue weighted by Gasteiger charge is -2.06. The number of ether oxygens (including phenoxy) is 1. The maximum Gasteiger partial charge on any atom is 0.271 e. The molecule has 6 nitrogen and oxygen atoms in total. The number of hydrogen-bond acceptors (Lipinski definition) is 4. The van der Waals surface area contributed by atoms with Crippen molar-refractivity contribution in [1.82, 2.24) is 14.9 Å². The zero-order valence-corrected chi connectivity index (χ0v) is 12.1. The van der Waals surface area contributed by atoms with E-state index in [9.17, 15) is 4.79 Å². The van der Waals surface area contributed by atoms with Crippen LogP contribution in [0.5, 0.6) is 0 Å². The molecular formula is C15H20N4O2. The van der Waals surface area contributed by atoms with Crippen molar-refractivity contribution in [3.05, 3.63) is 53.6 Å². The van der Waals surface area contributed by atoms with Gasteiger partial charge in [0.25, 0.3) is 5.91 Å². The molecule has 0 aliphatic carbocycles. The van der Waals surface area contributed by atoms with E-state index in [4.69, 9.17) is 10.5 Å². The second-order valence-electron chi connectivity index (χ2n) is 4.72. The topological polar surface area (TPSA) is 82.2 Å². The Balaban J connectivity index is 1.92. The molecule has 0 bridgehead atoms. The number of nitrogens with two attached hydrogens (primary N) is 1. The lowest BCUT2D eigenvalue weighted by atomic mass is 10.1. The summed E-state index contributed by atoms with van der Waals surface area (Å²) in [5.74, 6) is -0.192. The van der Waals surface area contributed by atoms with Crippen LogP contribution < -0.4 is 11.1 Å². The van der Waals surface area contributed by atoms with Crippen molar-refractivity contribution in [3.8, 4) is 0 Å². The van der Waals surface area contributed by atoms with E-state index in [1.807, 2.05) is 24.3 Å². The number of aromatic nitrogens is 2. The van der Waals surface area contributed by atoms with Crippen LogP contribution in [0.25, 0.3) is 0 Å². The van der Waals surface area contributed by atoms with Gasteiger partial charge in [-0.05, 0) is 11.1 Å². The first-order valence-electron chi connectivity index (χ1n) is 6.79. The first-order chi connectivity index (χ1) is 10.2. The number of hydrogen-bond donors (Lipinski definition) is 2. The van der Waals surface area contributed by atoms with Crippen molar-refractivity contribution in [3.63, 3.8) is 0 Å². The highest BCUT2D eigenvalue weighted by atomic mass is 16.5. The molecule has 1 aromatic heterocycles. The number of benzene rings is 1. The van der Waals surface area contributed by atoms with Gasteiger partial charge < -0.3 is 20.4 Å². The van der Waals surface area contributed by atoms with Crippen LogP contribution in [0.1, 0.15) is 21.6 Å². The van der Waals surface area contributed by atoms with Crippen LogP contribution in [0, 0.1) is 0 Å². The summed E-state index contributed by atoms with van der Waals surface area (Å²) < 4.78 is 6.89. The molecule has 1 amide bonds. The zero-order chi connectivity index (χ0) is 15.1. The van der Waals surface area contributed by atoms with Gasteiger partial charge in [0.1, 0.15) is 5.69 Å². The number of nitrogens with one attached hydrogen (secondary N) is 1. The fourth-order valence-electron chi connectivity index (χ4n) is 2.02. The number of amides is 1. The van der Waals surface area contributed by atoms with Crippen LogP contribution in [0.15, 0.2) is 36.8 Å². The molecule has 6 heteroatoms. The molecule has 0 spiro atoms. The molecule has 0 saturated carbocycles. The molecule has 21 heavy (non-hydrogen) atoms. The summed E-state index contributed by atoms with van der Waals surface area (Å²) in [7, 11) is 1.66.